The Bertz CT molecular complexity index is 499. The second kappa shape index (κ2) is 9.27. The van der Waals surface area contributed by atoms with E-state index in [9.17, 15) is 9.59 Å². The van der Waals surface area contributed by atoms with E-state index in [1.807, 2.05) is 37.3 Å². The molecule has 1 aliphatic rings. The monoisotopic (exact) mass is 319 g/mol. The van der Waals surface area contributed by atoms with Crippen LogP contribution >= 0.6 is 0 Å². The minimum atomic E-state index is 0.0166. The summed E-state index contributed by atoms with van der Waals surface area (Å²) >= 11 is 0. The molecule has 1 aromatic carbocycles. The number of carbonyl (C=O) groups excluding carboxylic acids is 2. The maximum absolute atomic E-state index is 12.0. The lowest BCUT2D eigenvalue weighted by Crippen LogP contribution is -2.51. The first-order chi connectivity index (χ1) is 11.2. The molecule has 1 saturated heterocycles. The second-order valence-corrected chi connectivity index (χ2v) is 5.56. The summed E-state index contributed by atoms with van der Waals surface area (Å²) in [5.41, 5.74) is 1.09. The highest BCUT2D eigenvalue weighted by atomic mass is 16.5. The fourth-order valence-electron chi connectivity index (χ4n) is 2.49. The zero-order valence-electron chi connectivity index (χ0n) is 13.7. The van der Waals surface area contributed by atoms with Crippen molar-refractivity contribution >= 4 is 11.8 Å². The molecule has 6 nitrogen and oxygen atoms in total. The maximum Gasteiger partial charge on any atom is 0.248 e. The van der Waals surface area contributed by atoms with Crippen LogP contribution in [0.2, 0.25) is 0 Å². The van der Waals surface area contributed by atoms with E-state index in [1.165, 1.54) is 0 Å². The third-order valence-electron chi connectivity index (χ3n) is 3.85. The summed E-state index contributed by atoms with van der Waals surface area (Å²) in [7, 11) is 0. The Kier molecular flexibility index (Phi) is 7.03. The minimum absolute atomic E-state index is 0.0166. The molecule has 126 valence electrons. The van der Waals surface area contributed by atoms with E-state index >= 15 is 0 Å². The first kappa shape index (κ1) is 17.4. The SMILES string of the molecule is CCOCC(=O)N1CCN(CC(=O)NCc2ccccc2)CC1. The molecule has 0 saturated carbocycles. The Labute approximate surface area is 137 Å². The van der Waals surface area contributed by atoms with Gasteiger partial charge in [-0.15, -0.1) is 0 Å². The van der Waals surface area contributed by atoms with Crippen molar-refractivity contribution in [3.8, 4) is 0 Å². The molecular formula is C17H25N3O3. The standard InChI is InChI=1S/C17H25N3O3/c1-2-23-14-17(22)20-10-8-19(9-11-20)13-16(21)18-12-15-6-4-3-5-7-15/h3-7H,2,8-14H2,1H3,(H,18,21). The van der Waals surface area contributed by atoms with Gasteiger partial charge in [0.15, 0.2) is 0 Å². The molecular weight excluding hydrogens is 294 g/mol. The van der Waals surface area contributed by atoms with Crippen molar-refractivity contribution in [2.45, 2.75) is 13.5 Å². The first-order valence-electron chi connectivity index (χ1n) is 8.07. The molecule has 0 unspecified atom stereocenters. The molecule has 0 bridgehead atoms. The maximum atomic E-state index is 12.0. The van der Waals surface area contributed by atoms with Crippen LogP contribution in [0.15, 0.2) is 30.3 Å². The summed E-state index contributed by atoms with van der Waals surface area (Å²) in [5.74, 6) is 0.0444. The highest BCUT2D eigenvalue weighted by Gasteiger charge is 2.22. The van der Waals surface area contributed by atoms with E-state index in [-0.39, 0.29) is 18.4 Å². The van der Waals surface area contributed by atoms with Crippen molar-refractivity contribution in [3.63, 3.8) is 0 Å². The summed E-state index contributed by atoms with van der Waals surface area (Å²) < 4.78 is 5.14. The number of rotatable bonds is 7. The summed E-state index contributed by atoms with van der Waals surface area (Å²) in [6.45, 7) is 6.23. The number of hydrogen-bond acceptors (Lipinski definition) is 4. The van der Waals surface area contributed by atoms with Crippen LogP contribution in [-0.2, 0) is 20.9 Å². The molecule has 0 aromatic heterocycles. The van der Waals surface area contributed by atoms with Gasteiger partial charge in [0.1, 0.15) is 6.61 Å². The van der Waals surface area contributed by atoms with Crippen molar-refractivity contribution in [1.29, 1.82) is 0 Å². The molecule has 1 fully saturated rings. The van der Waals surface area contributed by atoms with Crippen LogP contribution in [0.5, 0.6) is 0 Å². The highest BCUT2D eigenvalue weighted by Crippen LogP contribution is 2.03. The number of amides is 2. The van der Waals surface area contributed by atoms with Gasteiger partial charge in [-0.2, -0.15) is 0 Å². The van der Waals surface area contributed by atoms with Crippen molar-refractivity contribution < 1.29 is 14.3 Å². The van der Waals surface area contributed by atoms with Gasteiger partial charge in [0, 0.05) is 39.3 Å². The average Bonchev–Trinajstić information content (AvgIpc) is 2.59. The Hall–Kier alpha value is -1.92. The lowest BCUT2D eigenvalue weighted by atomic mass is 10.2. The molecule has 1 N–H and O–H groups in total. The Morgan fingerprint density at radius 1 is 1.13 bits per heavy atom. The number of nitrogens with one attached hydrogen (secondary N) is 1. The predicted molar refractivity (Wildman–Crippen MR) is 87.8 cm³/mol. The number of ether oxygens (including phenoxy) is 1. The van der Waals surface area contributed by atoms with Crippen LogP contribution in [-0.4, -0.2) is 67.6 Å². The average molecular weight is 319 g/mol. The largest absolute Gasteiger partial charge is 0.372 e. The van der Waals surface area contributed by atoms with Crippen LogP contribution in [0.4, 0.5) is 0 Å². The quantitative estimate of drug-likeness (QED) is 0.794. The molecule has 0 atom stereocenters. The zero-order chi connectivity index (χ0) is 16.5. The van der Waals surface area contributed by atoms with Gasteiger partial charge in [0.25, 0.3) is 0 Å². The number of hydrogen-bond donors (Lipinski definition) is 1. The highest BCUT2D eigenvalue weighted by molar-refractivity contribution is 5.78. The van der Waals surface area contributed by atoms with E-state index in [0.29, 0.717) is 32.8 Å². The summed E-state index contributed by atoms with van der Waals surface area (Å²) in [6.07, 6.45) is 0. The second-order valence-electron chi connectivity index (χ2n) is 5.56. The van der Waals surface area contributed by atoms with Crippen LogP contribution in [0.3, 0.4) is 0 Å². The molecule has 1 heterocycles. The molecule has 23 heavy (non-hydrogen) atoms. The Morgan fingerprint density at radius 3 is 2.48 bits per heavy atom. The molecule has 2 rings (SSSR count). The van der Waals surface area contributed by atoms with Gasteiger partial charge in [-0.1, -0.05) is 30.3 Å². The van der Waals surface area contributed by atoms with Gasteiger partial charge >= 0.3 is 0 Å². The molecule has 0 spiro atoms. The fraction of sp³-hybridized carbons (Fsp3) is 0.529. The van der Waals surface area contributed by atoms with Gasteiger partial charge in [-0.25, -0.2) is 0 Å². The summed E-state index contributed by atoms with van der Waals surface area (Å²) in [4.78, 5) is 27.7. The molecule has 0 radical (unpaired) electrons. The van der Waals surface area contributed by atoms with Gasteiger partial charge in [0.2, 0.25) is 11.8 Å². The van der Waals surface area contributed by atoms with Crippen molar-refractivity contribution in [2.75, 3.05) is 45.9 Å². The van der Waals surface area contributed by atoms with Gasteiger partial charge < -0.3 is 15.0 Å². The fourth-order valence-corrected chi connectivity index (χ4v) is 2.49. The van der Waals surface area contributed by atoms with E-state index in [4.69, 9.17) is 4.74 Å². The number of benzene rings is 1. The lowest BCUT2D eigenvalue weighted by molar-refractivity contribution is -0.137. The van der Waals surface area contributed by atoms with Crippen LogP contribution in [0.1, 0.15) is 12.5 Å². The summed E-state index contributed by atoms with van der Waals surface area (Å²) in [6, 6.07) is 9.85. The van der Waals surface area contributed by atoms with Crippen LogP contribution in [0.25, 0.3) is 0 Å². The van der Waals surface area contributed by atoms with E-state index < -0.39 is 0 Å². The number of nitrogens with zero attached hydrogens (tertiary/aromatic N) is 2. The van der Waals surface area contributed by atoms with Gasteiger partial charge in [-0.3, -0.25) is 14.5 Å². The van der Waals surface area contributed by atoms with Crippen molar-refractivity contribution in [3.05, 3.63) is 35.9 Å². The molecule has 2 amide bonds. The van der Waals surface area contributed by atoms with Gasteiger partial charge in [-0.05, 0) is 12.5 Å². The zero-order valence-corrected chi connectivity index (χ0v) is 13.7. The number of carbonyl (C=O) groups is 2. The minimum Gasteiger partial charge on any atom is -0.372 e. The lowest BCUT2D eigenvalue weighted by Gasteiger charge is -2.34. The van der Waals surface area contributed by atoms with Crippen LogP contribution in [0, 0.1) is 0 Å². The van der Waals surface area contributed by atoms with Gasteiger partial charge in [0.05, 0.1) is 6.54 Å². The third kappa shape index (κ3) is 6.00. The molecule has 1 aliphatic heterocycles. The van der Waals surface area contributed by atoms with E-state index in [2.05, 4.69) is 10.2 Å². The van der Waals surface area contributed by atoms with Crippen LogP contribution < -0.4 is 5.32 Å². The molecule has 0 aliphatic carbocycles. The third-order valence-corrected chi connectivity index (χ3v) is 3.85. The number of piperazine rings is 1. The predicted octanol–water partition coefficient (Wildman–Crippen LogP) is 0.484. The first-order valence-corrected chi connectivity index (χ1v) is 8.07. The Balaban J connectivity index is 1.65. The smallest absolute Gasteiger partial charge is 0.248 e. The van der Waals surface area contributed by atoms with Crippen molar-refractivity contribution in [1.82, 2.24) is 15.1 Å². The topological polar surface area (TPSA) is 61.9 Å². The molecule has 6 heteroatoms. The summed E-state index contributed by atoms with van der Waals surface area (Å²) in [5, 5.41) is 2.93. The normalized spacial score (nSPS) is 15.4. The Morgan fingerprint density at radius 2 is 1.83 bits per heavy atom. The van der Waals surface area contributed by atoms with E-state index in [1.54, 1.807) is 4.90 Å². The van der Waals surface area contributed by atoms with Crippen molar-refractivity contribution in [2.24, 2.45) is 0 Å². The molecule has 1 aromatic rings. The van der Waals surface area contributed by atoms with E-state index in [0.717, 1.165) is 18.7 Å².